The van der Waals surface area contributed by atoms with Gasteiger partial charge in [-0.15, -0.1) is 0 Å². The van der Waals surface area contributed by atoms with Crippen LogP contribution in [0.1, 0.15) is 134 Å². The van der Waals surface area contributed by atoms with E-state index in [0.717, 1.165) is 0 Å². The molecule has 0 rings (SSSR count). The van der Waals surface area contributed by atoms with Crippen LogP contribution in [0.2, 0.25) is 0 Å². The van der Waals surface area contributed by atoms with Crippen molar-refractivity contribution in [1.29, 1.82) is 0 Å². The lowest BCUT2D eigenvalue weighted by molar-refractivity contribution is 0.277. The van der Waals surface area contributed by atoms with E-state index in [1.54, 1.807) is 14.2 Å². The molecule has 0 aliphatic rings. The minimum Gasteiger partial charge on any atom is -0.388 e. The fourth-order valence-corrected chi connectivity index (χ4v) is 0. The summed E-state index contributed by atoms with van der Waals surface area (Å²) in [7, 11) is 3.25. The summed E-state index contributed by atoms with van der Waals surface area (Å²) in [6.07, 6.45) is 0. The predicted octanol–water partition coefficient (Wildman–Crippen LogP) is 10.6. The number of methoxy groups -OCH3 is 1. The minimum absolute atomic E-state index is 0. The maximum Gasteiger partial charge on any atom is 0.0351 e. The highest BCUT2D eigenvalue weighted by atomic mass is 16.4. The molecule has 158 valence electrons. The molecule has 1 nitrogen and oxygen atoms in total. The molecular weight excluding hydrogens is 268 g/mol. The molecule has 0 aromatic carbocycles. The molecule has 0 fully saturated rings. The topological polar surface area (TPSA) is 9.23 Å². The van der Waals surface area contributed by atoms with Crippen LogP contribution in [0.3, 0.4) is 0 Å². The number of hydrogen-bond donors (Lipinski definition) is 0. The monoisotopic (exact) mass is 337 g/mol. The summed E-state index contributed by atoms with van der Waals surface area (Å²) < 4.78 is 4.25. The molecule has 0 heterocycles. The van der Waals surface area contributed by atoms with Crippen LogP contribution in [0.15, 0.2) is 0 Å². The van der Waals surface area contributed by atoms with Crippen molar-refractivity contribution in [2.45, 2.75) is 134 Å². The highest BCUT2D eigenvalue weighted by Crippen LogP contribution is 1.28. The average Bonchev–Trinajstić information content (AvgIpc) is 2.53. The SMILES string of the molecule is C.C.C.C.C.CC.CC.CC.CC.CC.CC.CC.COC. The fraction of sp³-hybridized carbons (Fsp3) is 1.00. The number of hydrogen-bond acceptors (Lipinski definition) is 1. The number of ether oxygens (including phenoxy) is 1. The Morgan fingerprint density at radius 3 is 0.273 bits per heavy atom. The molecule has 0 aromatic heterocycles. The van der Waals surface area contributed by atoms with Crippen LogP contribution in [-0.2, 0) is 4.74 Å². The Morgan fingerprint density at radius 1 is 0.273 bits per heavy atom. The Balaban J connectivity index is -0.00000000372. The molecule has 0 atom stereocenters. The summed E-state index contributed by atoms with van der Waals surface area (Å²) in [6.45, 7) is 28.0. The second kappa shape index (κ2) is 9060. The summed E-state index contributed by atoms with van der Waals surface area (Å²) in [5, 5.41) is 0. The van der Waals surface area contributed by atoms with Crippen molar-refractivity contribution >= 4 is 0 Å². The lowest BCUT2D eigenvalue weighted by Crippen LogP contribution is -1.55. The molecule has 0 saturated heterocycles. The molecule has 0 radical (unpaired) electrons. The van der Waals surface area contributed by atoms with E-state index in [1.807, 2.05) is 96.9 Å². The van der Waals surface area contributed by atoms with Gasteiger partial charge in [0.2, 0.25) is 0 Å². The van der Waals surface area contributed by atoms with Crippen LogP contribution < -0.4 is 0 Å². The van der Waals surface area contributed by atoms with Crippen molar-refractivity contribution in [3.63, 3.8) is 0 Å². The summed E-state index contributed by atoms with van der Waals surface area (Å²) >= 11 is 0. The first-order valence-corrected chi connectivity index (χ1v) is 7.82. The van der Waals surface area contributed by atoms with E-state index in [9.17, 15) is 0 Å². The Bertz CT molecular complexity index is 5.87. The van der Waals surface area contributed by atoms with E-state index >= 15 is 0 Å². The Kier molecular flexibility index (Phi) is 49500. The minimum atomic E-state index is 0. The van der Waals surface area contributed by atoms with Gasteiger partial charge in [0, 0.05) is 14.2 Å². The summed E-state index contributed by atoms with van der Waals surface area (Å²) in [6, 6.07) is 0. The molecule has 0 bridgehead atoms. The predicted molar refractivity (Wildman–Crippen MR) is 126 cm³/mol. The van der Waals surface area contributed by atoms with Crippen molar-refractivity contribution in [2.75, 3.05) is 14.2 Å². The van der Waals surface area contributed by atoms with Crippen molar-refractivity contribution < 1.29 is 4.74 Å². The fourth-order valence-electron chi connectivity index (χ4n) is 0. The lowest BCUT2D eigenvalue weighted by Gasteiger charge is -1.61. The molecule has 22 heavy (non-hydrogen) atoms. The Labute approximate surface area is 153 Å². The molecular formula is C21H68O. The zero-order chi connectivity index (χ0) is 16.7. The van der Waals surface area contributed by atoms with Crippen LogP contribution in [-0.4, -0.2) is 14.2 Å². The van der Waals surface area contributed by atoms with Gasteiger partial charge in [-0.05, 0) is 0 Å². The molecule has 0 aromatic rings. The van der Waals surface area contributed by atoms with Crippen LogP contribution in [0, 0.1) is 0 Å². The van der Waals surface area contributed by atoms with Crippen molar-refractivity contribution in [1.82, 2.24) is 0 Å². The van der Waals surface area contributed by atoms with Gasteiger partial charge in [-0.1, -0.05) is 134 Å². The van der Waals surface area contributed by atoms with E-state index in [1.165, 1.54) is 0 Å². The highest BCUT2D eigenvalue weighted by Gasteiger charge is 1.25. The van der Waals surface area contributed by atoms with E-state index in [4.69, 9.17) is 0 Å². The van der Waals surface area contributed by atoms with Crippen LogP contribution in [0.5, 0.6) is 0 Å². The van der Waals surface area contributed by atoms with Crippen molar-refractivity contribution in [3.8, 4) is 0 Å². The summed E-state index contributed by atoms with van der Waals surface area (Å²) in [5.74, 6) is 0. The zero-order valence-electron chi connectivity index (χ0n) is 16.4. The van der Waals surface area contributed by atoms with Gasteiger partial charge in [0.25, 0.3) is 0 Å². The van der Waals surface area contributed by atoms with Gasteiger partial charge >= 0.3 is 0 Å². The smallest absolute Gasteiger partial charge is 0.0351 e. The van der Waals surface area contributed by atoms with E-state index in [-0.39, 0.29) is 37.1 Å². The molecule has 0 N–H and O–H groups in total. The second-order valence-corrected chi connectivity index (χ2v) is 0.408. The lowest BCUT2D eigenvalue weighted by atomic mass is 11.0. The average molecular weight is 337 g/mol. The standard InChI is InChI=1S/C2H6O.7C2H6.5CH4/c1-3-2;7*1-2;;;;;/h1-2H3;7*1-2H3;5*1H4. The molecule has 0 unspecified atom stereocenters. The molecule has 0 saturated carbocycles. The van der Waals surface area contributed by atoms with Gasteiger partial charge in [-0.2, -0.15) is 0 Å². The van der Waals surface area contributed by atoms with Gasteiger partial charge in [0.15, 0.2) is 0 Å². The maximum atomic E-state index is 4.25. The molecule has 1 heteroatoms. The third-order valence-corrected chi connectivity index (χ3v) is 0. The first-order chi connectivity index (χ1) is 8.41. The van der Waals surface area contributed by atoms with Crippen LogP contribution in [0.4, 0.5) is 0 Å². The molecule has 0 aliphatic heterocycles. The van der Waals surface area contributed by atoms with Crippen LogP contribution >= 0.6 is 0 Å². The molecule has 0 aliphatic carbocycles. The van der Waals surface area contributed by atoms with Gasteiger partial charge in [-0.25, -0.2) is 0 Å². The number of rotatable bonds is 0. The summed E-state index contributed by atoms with van der Waals surface area (Å²) in [4.78, 5) is 0. The van der Waals surface area contributed by atoms with Gasteiger partial charge in [-0.3, -0.25) is 0 Å². The van der Waals surface area contributed by atoms with E-state index in [0.29, 0.717) is 0 Å². The van der Waals surface area contributed by atoms with Crippen molar-refractivity contribution in [3.05, 3.63) is 0 Å². The van der Waals surface area contributed by atoms with E-state index < -0.39 is 0 Å². The largest absolute Gasteiger partial charge is 0.388 e. The van der Waals surface area contributed by atoms with Gasteiger partial charge < -0.3 is 4.74 Å². The third kappa shape index (κ3) is 4480000. The molecule has 0 spiro atoms. The Hall–Kier alpha value is -0.0400. The quantitative estimate of drug-likeness (QED) is 0.427. The molecule has 0 amide bonds. The maximum absolute atomic E-state index is 4.25. The third-order valence-electron chi connectivity index (χ3n) is 0. The first kappa shape index (κ1) is 120. The van der Waals surface area contributed by atoms with E-state index in [2.05, 4.69) is 4.74 Å². The second-order valence-electron chi connectivity index (χ2n) is 0.408. The highest BCUT2D eigenvalue weighted by molar-refractivity contribution is 3.56. The first-order valence-electron chi connectivity index (χ1n) is 7.82. The summed E-state index contributed by atoms with van der Waals surface area (Å²) in [5.41, 5.74) is 0. The normalized spacial score (nSPS) is 2.73. The van der Waals surface area contributed by atoms with Gasteiger partial charge in [0.1, 0.15) is 0 Å². The van der Waals surface area contributed by atoms with Gasteiger partial charge in [0.05, 0.1) is 0 Å². The van der Waals surface area contributed by atoms with Crippen molar-refractivity contribution in [2.24, 2.45) is 0 Å². The van der Waals surface area contributed by atoms with Crippen LogP contribution in [0.25, 0.3) is 0 Å². The Morgan fingerprint density at radius 2 is 0.273 bits per heavy atom. The zero-order valence-corrected chi connectivity index (χ0v) is 16.4.